The van der Waals surface area contributed by atoms with Gasteiger partial charge in [-0.05, 0) is 67.8 Å². The Bertz CT molecular complexity index is 1010. The summed E-state index contributed by atoms with van der Waals surface area (Å²) in [4.78, 5) is 12.8. The molecule has 0 unspecified atom stereocenters. The highest BCUT2D eigenvalue weighted by atomic mass is 79.9. The largest absolute Gasteiger partial charge is 1.00 e. The van der Waals surface area contributed by atoms with Crippen molar-refractivity contribution in [2.75, 3.05) is 5.32 Å². The van der Waals surface area contributed by atoms with Crippen molar-refractivity contribution in [3.63, 3.8) is 0 Å². The monoisotopic (exact) mass is 492 g/mol. The molecule has 2 aromatic carbocycles. The Balaban J connectivity index is 0.00000256. The van der Waals surface area contributed by atoms with E-state index in [-0.39, 0.29) is 35.1 Å². The summed E-state index contributed by atoms with van der Waals surface area (Å²) >= 11 is 5.93. The fourth-order valence-corrected chi connectivity index (χ4v) is 3.79. The maximum Gasteiger partial charge on any atom is 0.296 e. The number of nitrogens with one attached hydrogen (secondary N) is 1. The van der Waals surface area contributed by atoms with Crippen LogP contribution in [0, 0.1) is 5.82 Å². The first-order chi connectivity index (χ1) is 14.1. The molecule has 0 amide bonds. The number of nitrogens with zero attached hydrogens (tertiary/aromatic N) is 3. The summed E-state index contributed by atoms with van der Waals surface area (Å²) in [7, 11) is 0. The molecule has 1 aliphatic rings. The molecule has 30 heavy (non-hydrogen) atoms. The first-order valence-electron chi connectivity index (χ1n) is 9.87. The van der Waals surface area contributed by atoms with Crippen LogP contribution in [0.2, 0.25) is 5.02 Å². The molecule has 1 aromatic heterocycles. The smallest absolute Gasteiger partial charge is 0.296 e. The van der Waals surface area contributed by atoms with Gasteiger partial charge in [-0.1, -0.05) is 11.6 Å². The summed E-state index contributed by atoms with van der Waals surface area (Å²) in [5.41, 5.74) is 1.46. The van der Waals surface area contributed by atoms with Crippen molar-refractivity contribution < 1.29 is 30.7 Å². The SMILES string of the molecule is O=C(Cn1nc(CNc2ccc(F)cc2)[n+]2c1CCCCC2)c1ccc(Cl)cc1.[Br-]. The van der Waals surface area contributed by atoms with Gasteiger partial charge in [0.05, 0.1) is 6.54 Å². The van der Waals surface area contributed by atoms with Crippen molar-refractivity contribution >= 4 is 23.1 Å². The molecular weight excluding hydrogens is 471 g/mol. The highest BCUT2D eigenvalue weighted by Gasteiger charge is 2.28. The Morgan fingerprint density at radius 3 is 2.57 bits per heavy atom. The Labute approximate surface area is 190 Å². The summed E-state index contributed by atoms with van der Waals surface area (Å²) in [6.07, 6.45) is 4.25. The number of rotatable bonds is 6. The van der Waals surface area contributed by atoms with Gasteiger partial charge in [-0.2, -0.15) is 0 Å². The van der Waals surface area contributed by atoms with Gasteiger partial charge in [0.15, 0.2) is 12.3 Å². The van der Waals surface area contributed by atoms with Gasteiger partial charge in [-0.25, -0.2) is 8.96 Å². The molecule has 158 valence electrons. The number of carbonyl (C=O) groups excluding carboxylic acids is 1. The second-order valence-electron chi connectivity index (χ2n) is 7.24. The maximum atomic E-state index is 13.1. The summed E-state index contributed by atoms with van der Waals surface area (Å²) < 4.78 is 17.2. The van der Waals surface area contributed by atoms with Crippen LogP contribution in [0.3, 0.4) is 0 Å². The molecule has 1 aliphatic heterocycles. The number of hydrogen-bond donors (Lipinski definition) is 1. The van der Waals surface area contributed by atoms with Gasteiger partial charge < -0.3 is 22.3 Å². The van der Waals surface area contributed by atoms with Crippen LogP contribution >= 0.6 is 11.6 Å². The lowest BCUT2D eigenvalue weighted by Crippen LogP contribution is -3.00. The zero-order chi connectivity index (χ0) is 20.2. The number of carbonyl (C=O) groups is 1. The summed E-state index contributed by atoms with van der Waals surface area (Å²) in [5, 5.41) is 8.66. The normalized spacial score (nSPS) is 13.1. The Kier molecular flexibility index (Phi) is 7.61. The molecule has 3 aromatic rings. The lowest BCUT2D eigenvalue weighted by molar-refractivity contribution is -0.710. The van der Waals surface area contributed by atoms with Gasteiger partial charge in [0.25, 0.3) is 5.82 Å². The van der Waals surface area contributed by atoms with Crippen molar-refractivity contribution in [1.29, 1.82) is 0 Å². The van der Waals surface area contributed by atoms with E-state index in [1.54, 1.807) is 36.4 Å². The molecule has 2 heterocycles. The molecule has 5 nitrogen and oxygen atoms in total. The van der Waals surface area contributed by atoms with E-state index in [1.807, 2.05) is 4.68 Å². The van der Waals surface area contributed by atoms with Crippen molar-refractivity contribution in [1.82, 2.24) is 9.78 Å². The van der Waals surface area contributed by atoms with Crippen molar-refractivity contribution in [2.45, 2.75) is 45.3 Å². The van der Waals surface area contributed by atoms with E-state index >= 15 is 0 Å². The highest BCUT2D eigenvalue weighted by Crippen LogP contribution is 2.15. The number of halogens is 3. The third kappa shape index (κ3) is 5.26. The molecule has 4 rings (SSSR count). The molecule has 0 bridgehead atoms. The molecule has 0 atom stereocenters. The van der Waals surface area contributed by atoms with Crippen LogP contribution in [0.4, 0.5) is 10.1 Å². The first kappa shape index (κ1) is 22.4. The van der Waals surface area contributed by atoms with Crippen molar-refractivity contribution in [2.24, 2.45) is 0 Å². The summed E-state index contributed by atoms with van der Waals surface area (Å²) in [5.74, 6) is 1.72. The van der Waals surface area contributed by atoms with Crippen LogP contribution < -0.4 is 26.9 Å². The second-order valence-corrected chi connectivity index (χ2v) is 7.68. The van der Waals surface area contributed by atoms with Gasteiger partial charge in [0, 0.05) is 27.8 Å². The van der Waals surface area contributed by atoms with Crippen LogP contribution in [0.15, 0.2) is 48.5 Å². The molecular formula is C22H23BrClFN4O. The summed E-state index contributed by atoms with van der Waals surface area (Å²) in [6, 6.07) is 13.2. The molecule has 1 N–H and O–H groups in total. The van der Waals surface area contributed by atoms with Crippen LogP contribution in [0.5, 0.6) is 0 Å². The predicted molar refractivity (Wildman–Crippen MR) is 109 cm³/mol. The van der Waals surface area contributed by atoms with E-state index in [0.29, 0.717) is 17.1 Å². The minimum Gasteiger partial charge on any atom is -1.00 e. The van der Waals surface area contributed by atoms with Gasteiger partial charge >= 0.3 is 0 Å². The highest BCUT2D eigenvalue weighted by molar-refractivity contribution is 6.30. The Hall–Kier alpha value is -2.25. The zero-order valence-corrected chi connectivity index (χ0v) is 18.8. The van der Waals surface area contributed by atoms with E-state index in [2.05, 4.69) is 9.88 Å². The minimum absolute atomic E-state index is 0. The number of anilines is 1. The fraction of sp³-hybridized carbons (Fsp3) is 0.318. The van der Waals surface area contributed by atoms with E-state index in [9.17, 15) is 9.18 Å². The lowest BCUT2D eigenvalue weighted by atomic mass is 10.1. The van der Waals surface area contributed by atoms with Gasteiger partial charge in [-0.3, -0.25) is 4.79 Å². The number of Topliss-reactive ketones (excluding diaryl/α,β-unsaturated/α-hetero) is 1. The minimum atomic E-state index is -0.260. The van der Waals surface area contributed by atoms with Gasteiger partial charge in [-0.15, -0.1) is 4.68 Å². The van der Waals surface area contributed by atoms with Gasteiger partial charge in [0.1, 0.15) is 12.4 Å². The standard InChI is InChI=1S/C22H23ClFN4O.BrH/c23-17-7-5-16(6-8-17)20(29)15-28-22-4-2-1-3-13-27(22)21(26-28)14-25-19-11-9-18(24)10-12-19;/h5-12,25H,1-4,13-15H2;1H/q+1;/p-1. The number of hydrogen-bond acceptors (Lipinski definition) is 3. The summed E-state index contributed by atoms with van der Waals surface area (Å²) in [6.45, 7) is 1.61. The number of aromatic nitrogens is 3. The van der Waals surface area contributed by atoms with Crippen LogP contribution in [-0.2, 0) is 26.1 Å². The molecule has 0 saturated carbocycles. The topological polar surface area (TPSA) is 50.8 Å². The van der Waals surface area contributed by atoms with Crippen LogP contribution in [0.25, 0.3) is 0 Å². The third-order valence-corrected chi connectivity index (χ3v) is 5.45. The number of benzene rings is 2. The molecule has 0 aliphatic carbocycles. The Morgan fingerprint density at radius 2 is 1.83 bits per heavy atom. The van der Waals surface area contributed by atoms with E-state index < -0.39 is 0 Å². The lowest BCUT2D eigenvalue weighted by Gasteiger charge is -2.04. The molecule has 0 radical (unpaired) electrons. The van der Waals surface area contributed by atoms with E-state index in [1.165, 1.54) is 12.1 Å². The van der Waals surface area contributed by atoms with Crippen molar-refractivity contribution in [3.8, 4) is 0 Å². The quantitative estimate of drug-likeness (QED) is 0.415. The molecule has 0 saturated heterocycles. The first-order valence-corrected chi connectivity index (χ1v) is 10.2. The zero-order valence-electron chi connectivity index (χ0n) is 16.5. The average molecular weight is 494 g/mol. The van der Waals surface area contributed by atoms with Crippen LogP contribution in [0.1, 0.15) is 41.3 Å². The molecule has 8 heteroatoms. The van der Waals surface area contributed by atoms with E-state index in [0.717, 1.165) is 49.6 Å². The fourth-order valence-electron chi connectivity index (χ4n) is 3.66. The van der Waals surface area contributed by atoms with Gasteiger partial charge in [0.2, 0.25) is 5.82 Å². The van der Waals surface area contributed by atoms with Crippen LogP contribution in [-0.4, -0.2) is 15.6 Å². The number of ketones is 1. The maximum absolute atomic E-state index is 13.1. The third-order valence-electron chi connectivity index (χ3n) is 5.19. The predicted octanol–water partition coefficient (Wildman–Crippen LogP) is 1.19. The average Bonchev–Trinajstić information content (AvgIpc) is 2.89. The Morgan fingerprint density at radius 1 is 1.10 bits per heavy atom. The molecule has 0 spiro atoms. The number of fused-ring (bicyclic) bond motifs is 1. The van der Waals surface area contributed by atoms with Crippen molar-refractivity contribution in [3.05, 3.63) is 76.6 Å². The molecule has 0 fully saturated rings. The van der Waals surface area contributed by atoms with E-state index in [4.69, 9.17) is 16.7 Å². The second kappa shape index (κ2) is 10.2.